The maximum atomic E-state index is 5.51. The van der Waals surface area contributed by atoms with Gasteiger partial charge in [-0.2, -0.15) is 0 Å². The van der Waals surface area contributed by atoms with Gasteiger partial charge in [-0.3, -0.25) is 0 Å². The number of nitrogens with zero attached hydrogens (tertiary/aromatic N) is 2. The number of benzene rings is 1. The molecule has 0 amide bonds. The molecule has 108 valence electrons. The summed E-state index contributed by atoms with van der Waals surface area (Å²) in [5.74, 6) is 1.21. The summed E-state index contributed by atoms with van der Waals surface area (Å²) in [6.07, 6.45) is 0. The Morgan fingerprint density at radius 2 is 1.90 bits per heavy atom. The van der Waals surface area contributed by atoms with E-state index in [2.05, 4.69) is 50.6 Å². The molecule has 0 bridgehead atoms. The standard InChI is InChI=1S/C14H19BrN4O/c1-10(2)7-16-9-13-18-19-14(20-13)17-8-11-3-5-12(15)6-4-11/h3-6,10,16H,7-9H2,1-2H3,(H,17,19). The van der Waals surface area contributed by atoms with Crippen LogP contribution < -0.4 is 10.6 Å². The van der Waals surface area contributed by atoms with Crippen LogP contribution in [0.2, 0.25) is 0 Å². The normalized spacial score (nSPS) is 11.0. The summed E-state index contributed by atoms with van der Waals surface area (Å²) in [6, 6.07) is 8.55. The van der Waals surface area contributed by atoms with Crippen molar-refractivity contribution in [3.8, 4) is 0 Å². The SMILES string of the molecule is CC(C)CNCc1nnc(NCc2ccc(Br)cc2)o1. The van der Waals surface area contributed by atoms with Crippen LogP contribution in [0.3, 0.4) is 0 Å². The highest BCUT2D eigenvalue weighted by atomic mass is 79.9. The van der Waals surface area contributed by atoms with Gasteiger partial charge in [0.1, 0.15) is 0 Å². The summed E-state index contributed by atoms with van der Waals surface area (Å²) >= 11 is 3.41. The fraction of sp³-hybridized carbons (Fsp3) is 0.429. The second-order valence-corrected chi connectivity index (χ2v) is 5.92. The van der Waals surface area contributed by atoms with Crippen molar-refractivity contribution in [2.24, 2.45) is 5.92 Å². The fourth-order valence-corrected chi connectivity index (χ4v) is 1.91. The predicted molar refractivity (Wildman–Crippen MR) is 82.3 cm³/mol. The molecule has 0 aliphatic rings. The Labute approximate surface area is 127 Å². The molecule has 2 rings (SSSR count). The van der Waals surface area contributed by atoms with Crippen LogP contribution in [0.15, 0.2) is 33.2 Å². The zero-order valence-corrected chi connectivity index (χ0v) is 13.3. The van der Waals surface area contributed by atoms with Crippen molar-refractivity contribution in [3.05, 3.63) is 40.2 Å². The zero-order chi connectivity index (χ0) is 14.4. The molecule has 1 heterocycles. The average Bonchev–Trinajstić information content (AvgIpc) is 2.86. The lowest BCUT2D eigenvalue weighted by atomic mass is 10.2. The molecule has 2 aromatic rings. The van der Waals surface area contributed by atoms with Crippen LogP contribution >= 0.6 is 15.9 Å². The summed E-state index contributed by atoms with van der Waals surface area (Å²) in [5, 5.41) is 14.3. The first-order valence-corrected chi connectivity index (χ1v) is 7.44. The van der Waals surface area contributed by atoms with Gasteiger partial charge >= 0.3 is 6.01 Å². The van der Waals surface area contributed by atoms with Gasteiger partial charge < -0.3 is 15.1 Å². The van der Waals surface area contributed by atoms with E-state index in [1.54, 1.807) is 0 Å². The van der Waals surface area contributed by atoms with E-state index in [0.717, 1.165) is 16.6 Å². The number of hydrogen-bond acceptors (Lipinski definition) is 5. The smallest absolute Gasteiger partial charge is 0.315 e. The van der Waals surface area contributed by atoms with Crippen molar-refractivity contribution in [3.63, 3.8) is 0 Å². The lowest BCUT2D eigenvalue weighted by molar-refractivity contribution is 0.458. The molecule has 5 nitrogen and oxygen atoms in total. The van der Waals surface area contributed by atoms with Gasteiger partial charge in [-0.1, -0.05) is 47.0 Å². The molecule has 2 N–H and O–H groups in total. The molecule has 0 atom stereocenters. The zero-order valence-electron chi connectivity index (χ0n) is 11.7. The minimum absolute atomic E-state index is 0.453. The second kappa shape index (κ2) is 7.40. The second-order valence-electron chi connectivity index (χ2n) is 5.01. The number of hydrogen-bond donors (Lipinski definition) is 2. The molecule has 0 aliphatic heterocycles. The maximum absolute atomic E-state index is 5.51. The van der Waals surface area contributed by atoms with Gasteiger partial charge in [-0.15, -0.1) is 5.10 Å². The van der Waals surface area contributed by atoms with E-state index in [-0.39, 0.29) is 0 Å². The highest BCUT2D eigenvalue weighted by Gasteiger charge is 2.05. The van der Waals surface area contributed by atoms with E-state index in [1.807, 2.05) is 24.3 Å². The van der Waals surface area contributed by atoms with Gasteiger partial charge in [0, 0.05) is 11.0 Å². The van der Waals surface area contributed by atoms with Crippen molar-refractivity contribution >= 4 is 21.9 Å². The molecule has 0 saturated heterocycles. The van der Waals surface area contributed by atoms with Gasteiger partial charge in [0.05, 0.1) is 6.54 Å². The number of aromatic nitrogens is 2. The number of anilines is 1. The molecule has 0 unspecified atom stereocenters. The largest absolute Gasteiger partial charge is 0.407 e. The molecule has 20 heavy (non-hydrogen) atoms. The van der Waals surface area contributed by atoms with Crippen LogP contribution in [-0.4, -0.2) is 16.7 Å². The molecular formula is C14H19BrN4O. The van der Waals surface area contributed by atoms with Crippen LogP contribution in [-0.2, 0) is 13.1 Å². The first kappa shape index (κ1) is 15.0. The summed E-state index contributed by atoms with van der Waals surface area (Å²) in [4.78, 5) is 0. The average molecular weight is 339 g/mol. The molecule has 0 aliphatic carbocycles. The van der Waals surface area contributed by atoms with Crippen LogP contribution in [0.1, 0.15) is 25.3 Å². The Hall–Kier alpha value is -1.40. The van der Waals surface area contributed by atoms with Crippen molar-refractivity contribution < 1.29 is 4.42 Å². The Morgan fingerprint density at radius 3 is 2.60 bits per heavy atom. The third-order valence-corrected chi connectivity index (χ3v) is 3.18. The lowest BCUT2D eigenvalue weighted by Crippen LogP contribution is -2.19. The molecule has 0 fully saturated rings. The van der Waals surface area contributed by atoms with E-state index >= 15 is 0 Å². The monoisotopic (exact) mass is 338 g/mol. The van der Waals surface area contributed by atoms with Crippen LogP contribution in [0.25, 0.3) is 0 Å². The van der Waals surface area contributed by atoms with Crippen LogP contribution in [0.5, 0.6) is 0 Å². The third kappa shape index (κ3) is 4.94. The highest BCUT2D eigenvalue weighted by Crippen LogP contribution is 2.12. The van der Waals surface area contributed by atoms with Crippen LogP contribution in [0.4, 0.5) is 6.01 Å². The first-order valence-electron chi connectivity index (χ1n) is 6.65. The van der Waals surface area contributed by atoms with Gasteiger partial charge in [0.15, 0.2) is 0 Å². The molecule has 1 aromatic carbocycles. The number of rotatable bonds is 7. The quantitative estimate of drug-likeness (QED) is 0.811. The lowest BCUT2D eigenvalue weighted by Gasteiger charge is -2.04. The van der Waals surface area contributed by atoms with Crippen molar-refractivity contribution in [1.82, 2.24) is 15.5 Å². The minimum Gasteiger partial charge on any atom is -0.407 e. The van der Waals surface area contributed by atoms with Crippen molar-refractivity contribution in [1.29, 1.82) is 0 Å². The highest BCUT2D eigenvalue weighted by molar-refractivity contribution is 9.10. The number of nitrogens with one attached hydrogen (secondary N) is 2. The molecule has 1 aromatic heterocycles. The van der Waals surface area contributed by atoms with Gasteiger partial charge in [-0.05, 0) is 30.2 Å². The molecule has 0 saturated carbocycles. The molecule has 6 heteroatoms. The predicted octanol–water partition coefficient (Wildman–Crippen LogP) is 3.19. The van der Waals surface area contributed by atoms with E-state index in [0.29, 0.717) is 30.9 Å². The Morgan fingerprint density at radius 1 is 1.15 bits per heavy atom. The Kier molecular flexibility index (Phi) is 5.55. The summed E-state index contributed by atoms with van der Waals surface area (Å²) in [7, 11) is 0. The summed E-state index contributed by atoms with van der Waals surface area (Å²) < 4.78 is 6.57. The van der Waals surface area contributed by atoms with Gasteiger partial charge in [0.25, 0.3) is 0 Å². The maximum Gasteiger partial charge on any atom is 0.315 e. The summed E-state index contributed by atoms with van der Waals surface area (Å²) in [6.45, 7) is 6.52. The van der Waals surface area contributed by atoms with Crippen LogP contribution in [0, 0.1) is 5.92 Å². The van der Waals surface area contributed by atoms with E-state index in [9.17, 15) is 0 Å². The third-order valence-electron chi connectivity index (χ3n) is 2.65. The molecular weight excluding hydrogens is 320 g/mol. The molecule has 0 spiro atoms. The van der Waals surface area contributed by atoms with E-state index < -0.39 is 0 Å². The minimum atomic E-state index is 0.453. The van der Waals surface area contributed by atoms with Crippen molar-refractivity contribution in [2.45, 2.75) is 26.9 Å². The number of halogens is 1. The van der Waals surface area contributed by atoms with Crippen molar-refractivity contribution in [2.75, 3.05) is 11.9 Å². The van der Waals surface area contributed by atoms with E-state index in [1.165, 1.54) is 0 Å². The molecule has 0 radical (unpaired) electrons. The fourth-order valence-electron chi connectivity index (χ4n) is 1.64. The van der Waals surface area contributed by atoms with E-state index in [4.69, 9.17) is 4.42 Å². The topological polar surface area (TPSA) is 63.0 Å². The van der Waals surface area contributed by atoms with Gasteiger partial charge in [0.2, 0.25) is 5.89 Å². The first-order chi connectivity index (χ1) is 9.63. The van der Waals surface area contributed by atoms with Gasteiger partial charge in [-0.25, -0.2) is 0 Å². The Balaban J connectivity index is 1.79. The summed E-state index contributed by atoms with van der Waals surface area (Å²) in [5.41, 5.74) is 1.16. The Bertz CT molecular complexity index is 524.